The molecule has 3 nitrogen and oxygen atoms in total. The summed E-state index contributed by atoms with van der Waals surface area (Å²) in [5, 5.41) is 0.496. The third kappa shape index (κ3) is 3.13. The minimum absolute atomic E-state index is 0.395. The van der Waals surface area contributed by atoms with E-state index in [1.165, 1.54) is 7.11 Å². The van der Waals surface area contributed by atoms with Crippen molar-refractivity contribution in [3.63, 3.8) is 0 Å². The molecule has 0 aromatic heterocycles. The third-order valence-electron chi connectivity index (χ3n) is 1.81. The lowest BCUT2D eigenvalue weighted by Crippen LogP contribution is -2.02. The van der Waals surface area contributed by atoms with E-state index in [0.29, 0.717) is 22.9 Å². The summed E-state index contributed by atoms with van der Waals surface area (Å²) in [6.07, 6.45) is 0.888. The number of hydrogen-bond donors (Lipinski definition) is 0. The number of hydrogen-bond acceptors (Lipinski definition) is 3. The molecule has 0 aliphatic heterocycles. The maximum absolute atomic E-state index is 11.2. The van der Waals surface area contributed by atoms with E-state index in [0.717, 1.165) is 6.42 Å². The predicted octanol–water partition coefficient (Wildman–Crippen LogP) is 2.92. The van der Waals surface area contributed by atoms with Crippen LogP contribution < -0.4 is 4.74 Å². The fourth-order valence-corrected chi connectivity index (χ4v) is 1.24. The molecule has 0 aliphatic rings. The molecule has 1 aromatic carbocycles. The van der Waals surface area contributed by atoms with Crippen LogP contribution in [0.5, 0.6) is 5.75 Å². The first-order chi connectivity index (χ1) is 7.19. The van der Waals surface area contributed by atoms with Crippen molar-refractivity contribution in [1.29, 1.82) is 0 Å². The van der Waals surface area contributed by atoms with Gasteiger partial charge in [-0.3, -0.25) is 0 Å². The van der Waals surface area contributed by atoms with Gasteiger partial charge in [0.25, 0.3) is 0 Å². The number of methoxy groups -OCH3 is 1. The van der Waals surface area contributed by atoms with Crippen LogP contribution in [0.3, 0.4) is 0 Å². The Labute approximate surface area is 93.9 Å². The molecule has 4 heteroatoms. The van der Waals surface area contributed by atoms with E-state index >= 15 is 0 Å². The van der Waals surface area contributed by atoms with Crippen LogP contribution in [0.15, 0.2) is 18.2 Å². The Bertz CT molecular complexity index is 350. The first-order valence-electron chi connectivity index (χ1n) is 4.69. The lowest BCUT2D eigenvalue weighted by Gasteiger charge is -2.08. The van der Waals surface area contributed by atoms with Crippen molar-refractivity contribution >= 4 is 17.6 Å². The van der Waals surface area contributed by atoms with Crippen LogP contribution in [-0.4, -0.2) is 19.7 Å². The molecule has 0 atom stereocenters. The molecule has 1 rings (SSSR count). The zero-order valence-electron chi connectivity index (χ0n) is 8.75. The topological polar surface area (TPSA) is 35.5 Å². The molecule has 0 heterocycles. The van der Waals surface area contributed by atoms with Gasteiger partial charge in [-0.15, -0.1) is 0 Å². The van der Waals surface area contributed by atoms with Gasteiger partial charge in [0.15, 0.2) is 0 Å². The van der Waals surface area contributed by atoms with Crippen LogP contribution in [0.4, 0.5) is 0 Å². The highest BCUT2D eigenvalue weighted by molar-refractivity contribution is 6.32. The Kier molecular flexibility index (Phi) is 4.43. The van der Waals surface area contributed by atoms with Gasteiger partial charge in [0.2, 0.25) is 0 Å². The molecule has 0 bridgehead atoms. The Morgan fingerprint density at radius 3 is 2.80 bits per heavy atom. The van der Waals surface area contributed by atoms with E-state index in [9.17, 15) is 4.79 Å². The Balaban J connectivity index is 2.89. The smallest absolute Gasteiger partial charge is 0.337 e. The van der Waals surface area contributed by atoms with Crippen molar-refractivity contribution in [2.45, 2.75) is 13.3 Å². The highest BCUT2D eigenvalue weighted by Gasteiger charge is 2.09. The SMILES string of the molecule is CCCOc1cc(C(=O)OC)ccc1Cl. The molecule has 0 unspecified atom stereocenters. The number of carbonyl (C=O) groups is 1. The second kappa shape index (κ2) is 5.61. The normalized spacial score (nSPS) is 9.80. The van der Waals surface area contributed by atoms with Crippen molar-refractivity contribution in [2.75, 3.05) is 13.7 Å². The van der Waals surface area contributed by atoms with Crippen LogP contribution in [0.1, 0.15) is 23.7 Å². The quantitative estimate of drug-likeness (QED) is 0.744. The largest absolute Gasteiger partial charge is 0.492 e. The van der Waals surface area contributed by atoms with Gasteiger partial charge in [0, 0.05) is 0 Å². The number of carbonyl (C=O) groups excluding carboxylic acids is 1. The first-order valence-corrected chi connectivity index (χ1v) is 5.07. The molecule has 0 N–H and O–H groups in total. The van der Waals surface area contributed by atoms with Crippen molar-refractivity contribution in [2.24, 2.45) is 0 Å². The van der Waals surface area contributed by atoms with Gasteiger partial charge in [-0.2, -0.15) is 0 Å². The van der Waals surface area contributed by atoms with Crippen LogP contribution in [0.2, 0.25) is 5.02 Å². The average molecular weight is 229 g/mol. The molecule has 82 valence electrons. The van der Waals surface area contributed by atoms with Crippen LogP contribution in [0.25, 0.3) is 0 Å². The molecule has 0 spiro atoms. The molecule has 0 aliphatic carbocycles. The average Bonchev–Trinajstić information content (AvgIpc) is 2.27. The molecule has 0 saturated heterocycles. The maximum Gasteiger partial charge on any atom is 0.337 e. The summed E-state index contributed by atoms with van der Waals surface area (Å²) in [4.78, 5) is 11.2. The van der Waals surface area contributed by atoms with Gasteiger partial charge >= 0.3 is 5.97 Å². The summed E-state index contributed by atoms with van der Waals surface area (Å²) in [5.41, 5.74) is 0.438. The lowest BCUT2D eigenvalue weighted by atomic mass is 10.2. The Morgan fingerprint density at radius 2 is 2.20 bits per heavy atom. The van der Waals surface area contributed by atoms with Gasteiger partial charge in [-0.25, -0.2) is 4.79 Å². The van der Waals surface area contributed by atoms with E-state index in [2.05, 4.69) is 4.74 Å². The monoisotopic (exact) mass is 228 g/mol. The van der Waals surface area contributed by atoms with E-state index in [1.54, 1.807) is 18.2 Å². The van der Waals surface area contributed by atoms with Crippen molar-refractivity contribution in [1.82, 2.24) is 0 Å². The van der Waals surface area contributed by atoms with Crippen LogP contribution in [0, 0.1) is 0 Å². The standard InChI is InChI=1S/C11H13ClO3/c1-3-6-15-10-7-8(11(13)14-2)4-5-9(10)12/h4-5,7H,3,6H2,1-2H3. The number of esters is 1. The zero-order valence-corrected chi connectivity index (χ0v) is 9.50. The van der Waals surface area contributed by atoms with Crippen LogP contribution >= 0.6 is 11.6 Å². The molecule has 0 saturated carbocycles. The highest BCUT2D eigenvalue weighted by Crippen LogP contribution is 2.25. The number of halogens is 1. The van der Waals surface area contributed by atoms with Gasteiger partial charge in [0.05, 0.1) is 24.3 Å². The number of benzene rings is 1. The van der Waals surface area contributed by atoms with E-state index in [1.807, 2.05) is 6.92 Å². The minimum Gasteiger partial charge on any atom is -0.492 e. The molecular formula is C11H13ClO3. The third-order valence-corrected chi connectivity index (χ3v) is 2.13. The minimum atomic E-state index is -0.395. The van der Waals surface area contributed by atoms with E-state index in [-0.39, 0.29) is 0 Å². The predicted molar refractivity (Wildman–Crippen MR) is 58.6 cm³/mol. The maximum atomic E-state index is 11.2. The molecule has 15 heavy (non-hydrogen) atoms. The highest BCUT2D eigenvalue weighted by atomic mass is 35.5. The van der Waals surface area contributed by atoms with Gasteiger partial charge in [-0.05, 0) is 24.6 Å². The van der Waals surface area contributed by atoms with Gasteiger partial charge in [0.1, 0.15) is 5.75 Å². The summed E-state index contributed by atoms with van der Waals surface area (Å²) in [6.45, 7) is 2.57. The summed E-state index contributed by atoms with van der Waals surface area (Å²) in [5.74, 6) is 0.120. The molecule has 0 fully saturated rings. The summed E-state index contributed by atoms with van der Waals surface area (Å²) in [7, 11) is 1.34. The van der Waals surface area contributed by atoms with E-state index in [4.69, 9.17) is 16.3 Å². The molecule has 1 aromatic rings. The zero-order chi connectivity index (χ0) is 11.3. The summed E-state index contributed by atoms with van der Waals surface area (Å²) < 4.78 is 9.98. The second-order valence-corrected chi connectivity index (χ2v) is 3.39. The first kappa shape index (κ1) is 11.9. The fraction of sp³-hybridized carbons (Fsp3) is 0.364. The summed E-state index contributed by atoms with van der Waals surface area (Å²) >= 11 is 5.90. The molecule has 0 radical (unpaired) electrons. The fourth-order valence-electron chi connectivity index (χ4n) is 1.07. The van der Waals surface area contributed by atoms with Crippen molar-refractivity contribution in [3.8, 4) is 5.75 Å². The Morgan fingerprint density at radius 1 is 1.47 bits per heavy atom. The van der Waals surface area contributed by atoms with Crippen molar-refractivity contribution < 1.29 is 14.3 Å². The number of ether oxygens (including phenoxy) is 2. The Hall–Kier alpha value is -1.22. The van der Waals surface area contributed by atoms with Gasteiger partial charge in [-0.1, -0.05) is 18.5 Å². The molecule has 0 amide bonds. The van der Waals surface area contributed by atoms with Crippen LogP contribution in [-0.2, 0) is 4.74 Å². The summed E-state index contributed by atoms with van der Waals surface area (Å²) in [6, 6.07) is 4.82. The molecular weight excluding hydrogens is 216 g/mol. The second-order valence-electron chi connectivity index (χ2n) is 2.99. The van der Waals surface area contributed by atoms with E-state index < -0.39 is 5.97 Å². The van der Waals surface area contributed by atoms with Crippen molar-refractivity contribution in [3.05, 3.63) is 28.8 Å². The van der Waals surface area contributed by atoms with Gasteiger partial charge < -0.3 is 9.47 Å². The lowest BCUT2D eigenvalue weighted by molar-refractivity contribution is 0.0600. The number of rotatable bonds is 4.